The summed E-state index contributed by atoms with van der Waals surface area (Å²) >= 11 is 1.68. The molecule has 2 aromatic carbocycles. The van der Waals surface area contributed by atoms with Crippen molar-refractivity contribution >= 4 is 23.6 Å². The number of carbonyl (C=O) groups excluding carboxylic acids is 2. The van der Waals surface area contributed by atoms with E-state index in [0.29, 0.717) is 12.1 Å². The molecule has 2 aromatic rings. The first kappa shape index (κ1) is 17.9. The van der Waals surface area contributed by atoms with Crippen molar-refractivity contribution in [2.45, 2.75) is 36.6 Å². The number of ether oxygens (including phenoxy) is 1. The van der Waals surface area contributed by atoms with Crippen molar-refractivity contribution in [2.24, 2.45) is 0 Å². The van der Waals surface area contributed by atoms with Gasteiger partial charge in [0, 0.05) is 16.9 Å². The van der Waals surface area contributed by atoms with Gasteiger partial charge in [-0.25, -0.2) is 0 Å². The second-order valence-corrected chi connectivity index (χ2v) is 9.08. The van der Waals surface area contributed by atoms with Gasteiger partial charge in [-0.05, 0) is 43.2 Å². The van der Waals surface area contributed by atoms with Crippen molar-refractivity contribution < 1.29 is 14.3 Å². The molecule has 2 aliphatic rings. The summed E-state index contributed by atoms with van der Waals surface area (Å²) in [5, 5.41) is 2.91. The number of thioether (sulfide) groups is 1. The van der Waals surface area contributed by atoms with E-state index in [-0.39, 0.29) is 21.9 Å². The van der Waals surface area contributed by atoms with Crippen molar-refractivity contribution in [3.05, 3.63) is 65.2 Å². The number of hydrogen-bond donors (Lipinski definition) is 1. The van der Waals surface area contributed by atoms with E-state index in [1.165, 1.54) is 0 Å². The summed E-state index contributed by atoms with van der Waals surface area (Å²) in [6.45, 7) is 4.48. The molecule has 27 heavy (non-hydrogen) atoms. The van der Waals surface area contributed by atoms with Crippen molar-refractivity contribution in [1.29, 1.82) is 0 Å². The fourth-order valence-corrected chi connectivity index (χ4v) is 5.42. The van der Waals surface area contributed by atoms with Gasteiger partial charge in [0.25, 0.3) is 5.91 Å². The van der Waals surface area contributed by atoms with Gasteiger partial charge in [-0.2, -0.15) is 0 Å². The minimum absolute atomic E-state index is 0.0572. The zero-order valence-electron chi connectivity index (χ0n) is 15.6. The average molecular weight is 382 g/mol. The Morgan fingerprint density at radius 1 is 1.19 bits per heavy atom. The van der Waals surface area contributed by atoms with E-state index < -0.39 is 6.04 Å². The monoisotopic (exact) mass is 382 g/mol. The summed E-state index contributed by atoms with van der Waals surface area (Å²) < 4.78 is 4.80. The highest BCUT2D eigenvalue weighted by molar-refractivity contribution is 8.01. The average Bonchev–Trinajstić information content (AvgIpc) is 3.10. The fraction of sp³-hybridized carbons (Fsp3) is 0.333. The Kier molecular flexibility index (Phi) is 4.38. The molecule has 0 saturated carbocycles. The van der Waals surface area contributed by atoms with E-state index in [0.717, 1.165) is 16.9 Å². The Hall–Kier alpha value is -2.47. The van der Waals surface area contributed by atoms with Crippen LogP contribution in [0.1, 0.15) is 40.7 Å². The third-order valence-electron chi connectivity index (χ3n) is 5.17. The first-order chi connectivity index (χ1) is 12.9. The predicted molar refractivity (Wildman–Crippen MR) is 106 cm³/mol. The van der Waals surface area contributed by atoms with Gasteiger partial charge in [-0.15, -0.1) is 11.8 Å². The second-order valence-electron chi connectivity index (χ2n) is 7.34. The maximum absolute atomic E-state index is 13.1. The van der Waals surface area contributed by atoms with Crippen LogP contribution in [-0.2, 0) is 11.3 Å². The lowest BCUT2D eigenvalue weighted by Crippen LogP contribution is -2.52. The minimum Gasteiger partial charge on any atom is -0.497 e. The molecule has 140 valence electrons. The van der Waals surface area contributed by atoms with E-state index >= 15 is 0 Å². The maximum Gasteiger partial charge on any atom is 0.256 e. The quantitative estimate of drug-likeness (QED) is 0.881. The van der Waals surface area contributed by atoms with Crippen molar-refractivity contribution in [3.8, 4) is 5.75 Å². The smallest absolute Gasteiger partial charge is 0.256 e. The first-order valence-corrected chi connectivity index (χ1v) is 9.80. The standard InChI is InChI=1S/C21H22N2O3S/c1-21(2)17(18(24)22-12-13-8-10-14(26-3)11-9-13)23-19(25)15-6-4-5-7-16(15)20(23)27-21/h4-11,17,20H,12H2,1-3H3,(H,22,24)/t17-,20+/m1/s1. The van der Waals surface area contributed by atoms with Gasteiger partial charge in [0.05, 0.1) is 7.11 Å². The molecule has 0 aliphatic carbocycles. The molecule has 1 N–H and O–H groups in total. The molecule has 1 saturated heterocycles. The van der Waals surface area contributed by atoms with E-state index in [9.17, 15) is 9.59 Å². The first-order valence-electron chi connectivity index (χ1n) is 8.92. The summed E-state index contributed by atoms with van der Waals surface area (Å²) in [6, 6.07) is 14.7. The topological polar surface area (TPSA) is 58.6 Å². The van der Waals surface area contributed by atoms with Gasteiger partial charge in [-0.1, -0.05) is 30.3 Å². The number of rotatable bonds is 4. The summed E-state index contributed by atoms with van der Waals surface area (Å²) in [7, 11) is 1.62. The molecule has 2 aliphatic heterocycles. The SMILES string of the molecule is COc1ccc(CNC(=O)[C@H]2N3C(=O)c4ccccc4[C@@H]3SC2(C)C)cc1. The van der Waals surface area contributed by atoms with Crippen LogP contribution in [0.25, 0.3) is 0 Å². The highest BCUT2D eigenvalue weighted by Crippen LogP contribution is 2.56. The Bertz CT molecular complexity index is 895. The normalized spacial score (nSPS) is 22.3. The van der Waals surface area contributed by atoms with Crippen LogP contribution in [0.3, 0.4) is 0 Å². The van der Waals surface area contributed by atoms with Gasteiger partial charge in [0.15, 0.2) is 0 Å². The van der Waals surface area contributed by atoms with E-state index in [4.69, 9.17) is 4.74 Å². The molecule has 0 aromatic heterocycles. The van der Waals surface area contributed by atoms with Crippen LogP contribution in [0.15, 0.2) is 48.5 Å². The van der Waals surface area contributed by atoms with E-state index in [1.54, 1.807) is 23.8 Å². The van der Waals surface area contributed by atoms with E-state index in [1.807, 2.05) is 62.4 Å². The lowest BCUT2D eigenvalue weighted by atomic mass is 10.0. The van der Waals surface area contributed by atoms with Gasteiger partial charge in [0.2, 0.25) is 5.91 Å². The number of nitrogens with one attached hydrogen (secondary N) is 1. The number of methoxy groups -OCH3 is 1. The molecular weight excluding hydrogens is 360 g/mol. The molecule has 0 spiro atoms. The van der Waals surface area contributed by atoms with Gasteiger partial charge in [0.1, 0.15) is 17.2 Å². The van der Waals surface area contributed by atoms with Crippen LogP contribution in [0.4, 0.5) is 0 Å². The summed E-state index contributed by atoms with van der Waals surface area (Å²) in [5.74, 6) is 0.604. The Balaban J connectivity index is 1.53. The van der Waals surface area contributed by atoms with Gasteiger partial charge >= 0.3 is 0 Å². The minimum atomic E-state index is -0.509. The Morgan fingerprint density at radius 3 is 2.59 bits per heavy atom. The molecule has 5 nitrogen and oxygen atoms in total. The largest absolute Gasteiger partial charge is 0.497 e. The van der Waals surface area contributed by atoms with Crippen LogP contribution in [0, 0.1) is 0 Å². The number of carbonyl (C=O) groups is 2. The van der Waals surface area contributed by atoms with E-state index in [2.05, 4.69) is 5.32 Å². The Labute approximate surface area is 163 Å². The van der Waals surface area contributed by atoms with Gasteiger partial charge in [-0.3, -0.25) is 9.59 Å². The summed E-state index contributed by atoms with van der Waals surface area (Å²) in [4.78, 5) is 27.7. The zero-order valence-corrected chi connectivity index (χ0v) is 16.4. The van der Waals surface area contributed by atoms with Gasteiger partial charge < -0.3 is 15.0 Å². The molecule has 4 rings (SSSR count). The number of fused-ring (bicyclic) bond motifs is 3. The molecule has 1 fully saturated rings. The molecule has 2 amide bonds. The predicted octanol–water partition coefficient (Wildman–Crippen LogP) is 3.36. The number of hydrogen-bond acceptors (Lipinski definition) is 4. The molecular formula is C21H22N2O3S. The Morgan fingerprint density at radius 2 is 1.89 bits per heavy atom. The summed E-state index contributed by atoms with van der Waals surface area (Å²) in [5.41, 5.74) is 2.70. The third kappa shape index (κ3) is 2.98. The van der Waals surface area contributed by atoms with Crippen LogP contribution in [0.2, 0.25) is 0 Å². The van der Waals surface area contributed by atoms with Crippen LogP contribution < -0.4 is 10.1 Å². The molecule has 0 radical (unpaired) electrons. The van der Waals surface area contributed by atoms with Crippen LogP contribution in [-0.4, -0.2) is 34.6 Å². The molecule has 0 unspecified atom stereocenters. The number of nitrogens with zero attached hydrogens (tertiary/aromatic N) is 1. The highest BCUT2D eigenvalue weighted by Gasteiger charge is 2.57. The van der Waals surface area contributed by atoms with Crippen LogP contribution in [0.5, 0.6) is 5.75 Å². The van der Waals surface area contributed by atoms with Crippen molar-refractivity contribution in [2.75, 3.05) is 7.11 Å². The molecule has 6 heteroatoms. The van der Waals surface area contributed by atoms with Crippen molar-refractivity contribution in [3.63, 3.8) is 0 Å². The lowest BCUT2D eigenvalue weighted by molar-refractivity contribution is -0.126. The molecule has 0 bridgehead atoms. The molecule has 2 atom stereocenters. The van der Waals surface area contributed by atoms with Crippen molar-refractivity contribution in [1.82, 2.24) is 10.2 Å². The zero-order chi connectivity index (χ0) is 19.2. The third-order valence-corrected chi connectivity index (χ3v) is 6.71. The lowest BCUT2D eigenvalue weighted by Gasteiger charge is -2.29. The second kappa shape index (κ2) is 6.60. The number of benzene rings is 2. The highest BCUT2D eigenvalue weighted by atomic mass is 32.2. The summed E-state index contributed by atoms with van der Waals surface area (Å²) in [6.07, 6.45) is 0. The fourth-order valence-electron chi connectivity index (χ4n) is 3.83. The number of amides is 2. The molecule has 2 heterocycles. The van der Waals surface area contributed by atoms with Crippen LogP contribution >= 0.6 is 11.8 Å². The maximum atomic E-state index is 13.1.